The maximum Gasteiger partial charge on any atom is 0.265 e. The minimum absolute atomic E-state index is 0.441. The molecule has 1 aromatic carbocycles. The highest BCUT2D eigenvalue weighted by Crippen LogP contribution is 2.44. The Morgan fingerprint density at radius 2 is 1.89 bits per heavy atom. The van der Waals surface area contributed by atoms with Crippen molar-refractivity contribution in [2.45, 2.75) is 46.1 Å². The number of halogens is 1. The molecule has 1 atom stereocenters. The summed E-state index contributed by atoms with van der Waals surface area (Å²) >= 11 is 5.67. The Hall–Kier alpha value is -1.22. The number of hydrogen-bond acceptors (Lipinski definition) is 3. The minimum atomic E-state index is -0.924. The van der Waals surface area contributed by atoms with Gasteiger partial charge in [0.2, 0.25) is 0 Å². The van der Waals surface area contributed by atoms with Crippen molar-refractivity contribution in [3.63, 3.8) is 0 Å². The summed E-state index contributed by atoms with van der Waals surface area (Å²) in [4.78, 5) is 11.6. The maximum absolute atomic E-state index is 11.6. The Balaban J connectivity index is 2.61. The van der Waals surface area contributed by atoms with Crippen LogP contribution in [0.2, 0.25) is 0 Å². The van der Waals surface area contributed by atoms with Gasteiger partial charge in [-0.1, -0.05) is 0 Å². The highest BCUT2D eigenvalue weighted by atomic mass is 35.5. The number of hydrogen-bond donors (Lipinski definition) is 0. The van der Waals surface area contributed by atoms with Crippen LogP contribution in [0.3, 0.4) is 0 Å². The molecule has 1 heterocycles. The number of methoxy groups -OCH3 is 1. The van der Waals surface area contributed by atoms with Crippen molar-refractivity contribution in [2.24, 2.45) is 0 Å². The largest absolute Gasteiger partial charge is 0.496 e. The monoisotopic (exact) mass is 282 g/mol. The van der Waals surface area contributed by atoms with Crippen molar-refractivity contribution >= 4 is 16.8 Å². The van der Waals surface area contributed by atoms with Crippen molar-refractivity contribution in [3.05, 3.63) is 22.3 Å². The van der Waals surface area contributed by atoms with E-state index in [0.717, 1.165) is 40.2 Å². The molecule has 104 valence electrons. The molecule has 0 fully saturated rings. The molecule has 0 aromatic heterocycles. The van der Waals surface area contributed by atoms with Gasteiger partial charge in [0.05, 0.1) is 7.11 Å². The second-order valence-corrected chi connectivity index (χ2v) is 5.67. The Labute approximate surface area is 118 Å². The molecule has 0 saturated heterocycles. The molecule has 0 saturated carbocycles. The van der Waals surface area contributed by atoms with Crippen LogP contribution in [0.4, 0.5) is 0 Å². The van der Waals surface area contributed by atoms with Gasteiger partial charge in [-0.25, -0.2) is 0 Å². The summed E-state index contributed by atoms with van der Waals surface area (Å²) in [6.07, 6.45) is 1.36. The predicted octanol–water partition coefficient (Wildman–Crippen LogP) is 3.47. The average molecular weight is 283 g/mol. The lowest BCUT2D eigenvalue weighted by Gasteiger charge is -2.35. The van der Waals surface area contributed by atoms with E-state index in [1.54, 1.807) is 14.0 Å². The van der Waals surface area contributed by atoms with Crippen molar-refractivity contribution in [1.29, 1.82) is 0 Å². The van der Waals surface area contributed by atoms with Crippen LogP contribution < -0.4 is 9.47 Å². The number of ether oxygens (including phenoxy) is 2. The molecule has 3 nitrogen and oxygen atoms in total. The van der Waals surface area contributed by atoms with E-state index >= 15 is 0 Å². The van der Waals surface area contributed by atoms with Gasteiger partial charge in [0, 0.05) is 5.56 Å². The molecule has 0 N–H and O–H groups in total. The number of carbonyl (C=O) groups excluding carboxylic acids is 1. The van der Waals surface area contributed by atoms with Crippen LogP contribution in [-0.2, 0) is 11.2 Å². The molecule has 1 aromatic rings. The Morgan fingerprint density at radius 3 is 2.42 bits per heavy atom. The van der Waals surface area contributed by atoms with Gasteiger partial charge in [0.15, 0.2) is 5.60 Å². The topological polar surface area (TPSA) is 35.5 Å². The van der Waals surface area contributed by atoms with Gasteiger partial charge in [0.1, 0.15) is 11.5 Å². The summed E-state index contributed by atoms with van der Waals surface area (Å²) in [5, 5.41) is -0.441. The summed E-state index contributed by atoms with van der Waals surface area (Å²) < 4.78 is 11.4. The van der Waals surface area contributed by atoms with Gasteiger partial charge in [0.25, 0.3) is 5.24 Å². The highest BCUT2D eigenvalue weighted by molar-refractivity contribution is 6.65. The standard InChI is InChI=1S/C15H19ClO3/c1-8-9(2)13-11(10(3)12(8)18-5)6-7-15(4,19-13)14(16)17/h6-7H2,1-5H3. The van der Waals surface area contributed by atoms with Crippen LogP contribution in [0.15, 0.2) is 0 Å². The molecule has 2 rings (SSSR count). The van der Waals surface area contributed by atoms with Crippen molar-refractivity contribution in [1.82, 2.24) is 0 Å². The number of fused-ring (bicyclic) bond motifs is 1. The molecule has 4 heteroatoms. The first-order valence-corrected chi connectivity index (χ1v) is 6.75. The predicted molar refractivity (Wildman–Crippen MR) is 75.4 cm³/mol. The molecule has 1 unspecified atom stereocenters. The molecule has 1 aliphatic heterocycles. The van der Waals surface area contributed by atoms with Gasteiger partial charge in [-0.2, -0.15) is 0 Å². The SMILES string of the molecule is COc1c(C)c(C)c2c(c1C)CCC(C)(C(=O)Cl)O2. The molecule has 1 aliphatic rings. The van der Waals surface area contributed by atoms with Crippen LogP contribution in [0.1, 0.15) is 35.6 Å². The zero-order chi connectivity index (χ0) is 14.4. The fourth-order valence-electron chi connectivity index (χ4n) is 2.68. The summed E-state index contributed by atoms with van der Waals surface area (Å²) in [5.41, 5.74) is 3.35. The second kappa shape index (κ2) is 4.71. The van der Waals surface area contributed by atoms with Gasteiger partial charge >= 0.3 is 0 Å². The van der Waals surface area contributed by atoms with Gasteiger partial charge in [-0.15, -0.1) is 0 Å². The van der Waals surface area contributed by atoms with Crippen LogP contribution in [0, 0.1) is 20.8 Å². The first-order valence-electron chi connectivity index (χ1n) is 6.37. The quantitative estimate of drug-likeness (QED) is 0.779. The summed E-state index contributed by atoms with van der Waals surface area (Å²) in [5.74, 6) is 1.69. The van der Waals surface area contributed by atoms with Crippen molar-refractivity contribution < 1.29 is 14.3 Å². The van der Waals surface area contributed by atoms with E-state index in [4.69, 9.17) is 21.1 Å². The third kappa shape index (κ3) is 2.10. The number of carbonyl (C=O) groups is 1. The Morgan fingerprint density at radius 1 is 1.26 bits per heavy atom. The van der Waals surface area contributed by atoms with Crippen LogP contribution in [-0.4, -0.2) is 18.0 Å². The van der Waals surface area contributed by atoms with E-state index in [2.05, 4.69) is 0 Å². The second-order valence-electron chi connectivity index (χ2n) is 5.32. The van der Waals surface area contributed by atoms with Gasteiger partial charge in [-0.3, -0.25) is 4.79 Å². The van der Waals surface area contributed by atoms with Crippen LogP contribution >= 0.6 is 11.6 Å². The normalized spacial score (nSPS) is 21.6. The van der Waals surface area contributed by atoms with E-state index < -0.39 is 10.8 Å². The lowest BCUT2D eigenvalue weighted by atomic mass is 9.87. The van der Waals surface area contributed by atoms with E-state index in [1.807, 2.05) is 20.8 Å². The summed E-state index contributed by atoms with van der Waals surface area (Å²) in [7, 11) is 1.68. The molecule has 19 heavy (non-hydrogen) atoms. The third-order valence-electron chi connectivity index (χ3n) is 4.11. The smallest absolute Gasteiger partial charge is 0.265 e. The lowest BCUT2D eigenvalue weighted by molar-refractivity contribution is -0.125. The van der Waals surface area contributed by atoms with E-state index in [1.165, 1.54) is 0 Å². The third-order valence-corrected chi connectivity index (χ3v) is 4.51. The average Bonchev–Trinajstić information content (AvgIpc) is 2.36. The van der Waals surface area contributed by atoms with E-state index in [-0.39, 0.29) is 0 Å². The molecular weight excluding hydrogens is 264 g/mol. The van der Waals surface area contributed by atoms with Crippen LogP contribution in [0.5, 0.6) is 11.5 Å². The molecule has 0 bridgehead atoms. The first-order chi connectivity index (χ1) is 8.81. The van der Waals surface area contributed by atoms with Gasteiger partial charge < -0.3 is 9.47 Å². The number of rotatable bonds is 2. The Kier molecular flexibility index (Phi) is 3.52. The minimum Gasteiger partial charge on any atom is -0.496 e. The first kappa shape index (κ1) is 14.2. The van der Waals surface area contributed by atoms with E-state index in [9.17, 15) is 4.79 Å². The van der Waals surface area contributed by atoms with Crippen LogP contribution in [0.25, 0.3) is 0 Å². The fourth-order valence-corrected chi connectivity index (χ4v) is 2.81. The zero-order valence-electron chi connectivity index (χ0n) is 12.0. The molecular formula is C15H19ClO3. The number of benzene rings is 1. The molecule has 0 radical (unpaired) electrons. The van der Waals surface area contributed by atoms with Gasteiger partial charge in [-0.05, 0) is 68.8 Å². The zero-order valence-corrected chi connectivity index (χ0v) is 12.8. The molecule has 0 aliphatic carbocycles. The Bertz CT molecular complexity index is 551. The highest BCUT2D eigenvalue weighted by Gasteiger charge is 2.39. The van der Waals surface area contributed by atoms with Crippen molar-refractivity contribution in [3.8, 4) is 11.5 Å². The lowest BCUT2D eigenvalue weighted by Crippen LogP contribution is -2.42. The summed E-state index contributed by atoms with van der Waals surface area (Å²) in [6, 6.07) is 0. The summed E-state index contributed by atoms with van der Waals surface area (Å²) in [6.45, 7) is 7.76. The maximum atomic E-state index is 11.6. The van der Waals surface area contributed by atoms with Crippen molar-refractivity contribution in [2.75, 3.05) is 7.11 Å². The molecule has 0 spiro atoms. The molecule has 0 amide bonds. The van der Waals surface area contributed by atoms with E-state index in [0.29, 0.717) is 6.42 Å². The fraction of sp³-hybridized carbons (Fsp3) is 0.533.